The van der Waals surface area contributed by atoms with Crippen LogP contribution in [0, 0.1) is 0 Å². The molecule has 0 radical (unpaired) electrons. The van der Waals surface area contributed by atoms with Gasteiger partial charge in [0, 0.05) is 16.7 Å². The van der Waals surface area contributed by atoms with Crippen LogP contribution in [0.25, 0.3) is 22.1 Å². The van der Waals surface area contributed by atoms with Crippen LogP contribution < -0.4 is 10.2 Å². The molecule has 3 aromatic rings. The van der Waals surface area contributed by atoms with Gasteiger partial charge in [-0.2, -0.15) is 0 Å². The maximum Gasteiger partial charge on any atom is 0.347 e. The van der Waals surface area contributed by atoms with Crippen LogP contribution >= 0.6 is 11.6 Å². The zero-order chi connectivity index (χ0) is 18.7. The summed E-state index contributed by atoms with van der Waals surface area (Å²) in [5, 5.41) is 0.876. The van der Waals surface area contributed by atoms with Gasteiger partial charge in [0.15, 0.2) is 6.10 Å². The number of esters is 1. The second-order valence-corrected chi connectivity index (χ2v) is 6.04. The van der Waals surface area contributed by atoms with Crippen molar-refractivity contribution in [3.8, 4) is 16.9 Å². The third-order valence-electron chi connectivity index (χ3n) is 3.84. The molecular weight excluding hydrogens is 356 g/mol. The van der Waals surface area contributed by atoms with Gasteiger partial charge in [-0.05, 0) is 32.0 Å². The van der Waals surface area contributed by atoms with Gasteiger partial charge in [-0.1, -0.05) is 29.8 Å². The zero-order valence-electron chi connectivity index (χ0n) is 14.3. The molecular formula is C20H17ClO5. The summed E-state index contributed by atoms with van der Waals surface area (Å²) in [7, 11) is 0. The average Bonchev–Trinajstić information content (AvgIpc) is 2.63. The number of ether oxygens (including phenoxy) is 2. The van der Waals surface area contributed by atoms with Gasteiger partial charge < -0.3 is 13.9 Å². The molecule has 0 fully saturated rings. The molecule has 3 rings (SSSR count). The molecule has 0 saturated heterocycles. The van der Waals surface area contributed by atoms with Crippen LogP contribution in [0.1, 0.15) is 13.8 Å². The topological polar surface area (TPSA) is 65.7 Å². The predicted molar refractivity (Wildman–Crippen MR) is 99.7 cm³/mol. The van der Waals surface area contributed by atoms with Crippen LogP contribution in [-0.4, -0.2) is 18.7 Å². The maximum absolute atomic E-state index is 12.8. The zero-order valence-corrected chi connectivity index (χ0v) is 15.1. The first-order valence-electron chi connectivity index (χ1n) is 8.15. The highest BCUT2D eigenvalue weighted by atomic mass is 35.5. The molecule has 0 aliphatic rings. The van der Waals surface area contributed by atoms with Crippen molar-refractivity contribution >= 4 is 28.5 Å². The Kier molecular flexibility index (Phi) is 5.28. The third kappa shape index (κ3) is 3.58. The predicted octanol–water partition coefficient (Wildman–Crippen LogP) is 4.44. The summed E-state index contributed by atoms with van der Waals surface area (Å²) in [6.45, 7) is 3.61. The molecule has 0 N–H and O–H groups in total. The fourth-order valence-electron chi connectivity index (χ4n) is 2.56. The van der Waals surface area contributed by atoms with Crippen LogP contribution in [0.15, 0.2) is 57.9 Å². The van der Waals surface area contributed by atoms with E-state index in [0.717, 1.165) is 0 Å². The first-order valence-corrected chi connectivity index (χ1v) is 8.52. The average molecular weight is 373 g/mol. The molecule has 0 aliphatic heterocycles. The van der Waals surface area contributed by atoms with E-state index in [1.54, 1.807) is 56.3 Å². The van der Waals surface area contributed by atoms with E-state index in [4.69, 9.17) is 25.5 Å². The lowest BCUT2D eigenvalue weighted by atomic mass is 10.1. The molecule has 0 saturated carbocycles. The van der Waals surface area contributed by atoms with Crippen molar-refractivity contribution < 1.29 is 18.7 Å². The van der Waals surface area contributed by atoms with Crippen molar-refractivity contribution in [2.75, 3.05) is 6.61 Å². The van der Waals surface area contributed by atoms with Crippen molar-refractivity contribution in [3.63, 3.8) is 0 Å². The Morgan fingerprint density at radius 3 is 2.69 bits per heavy atom. The van der Waals surface area contributed by atoms with Crippen LogP contribution in [0.2, 0.25) is 5.02 Å². The minimum Gasteiger partial charge on any atom is -0.479 e. The van der Waals surface area contributed by atoms with Crippen LogP contribution in [0.5, 0.6) is 5.75 Å². The lowest BCUT2D eigenvalue weighted by Gasteiger charge is -2.13. The number of rotatable bonds is 5. The molecule has 0 unspecified atom stereocenters. The number of benzene rings is 2. The SMILES string of the molecule is CCOC(=O)[C@H](C)Oc1ccc2c(=O)c(-c3ccccc3Cl)coc2c1. The van der Waals surface area contributed by atoms with Crippen LogP contribution in [0.4, 0.5) is 0 Å². The molecule has 1 atom stereocenters. The molecule has 0 spiro atoms. The molecule has 1 aromatic heterocycles. The molecule has 1 heterocycles. The summed E-state index contributed by atoms with van der Waals surface area (Å²) in [5.74, 6) is -0.0465. The third-order valence-corrected chi connectivity index (χ3v) is 4.17. The summed E-state index contributed by atoms with van der Waals surface area (Å²) in [5.41, 5.74) is 1.17. The van der Waals surface area contributed by atoms with Gasteiger partial charge in [0.1, 0.15) is 17.6 Å². The Hall–Kier alpha value is -2.79. The van der Waals surface area contributed by atoms with Gasteiger partial charge in [-0.15, -0.1) is 0 Å². The lowest BCUT2D eigenvalue weighted by Crippen LogP contribution is -2.26. The van der Waals surface area contributed by atoms with Crippen LogP contribution in [-0.2, 0) is 9.53 Å². The van der Waals surface area contributed by atoms with Gasteiger partial charge in [0.25, 0.3) is 0 Å². The molecule has 134 valence electrons. The van der Waals surface area contributed by atoms with E-state index in [-0.39, 0.29) is 12.0 Å². The largest absolute Gasteiger partial charge is 0.479 e. The Morgan fingerprint density at radius 1 is 1.19 bits per heavy atom. The Balaban J connectivity index is 1.96. The second kappa shape index (κ2) is 7.62. The minimum atomic E-state index is -0.762. The summed E-state index contributed by atoms with van der Waals surface area (Å²) >= 11 is 6.18. The highest BCUT2D eigenvalue weighted by Crippen LogP contribution is 2.28. The first-order chi connectivity index (χ1) is 12.5. The number of hydrogen-bond donors (Lipinski definition) is 0. The second-order valence-electron chi connectivity index (χ2n) is 5.63. The van der Waals surface area contributed by atoms with Crippen LogP contribution in [0.3, 0.4) is 0 Å². The normalized spacial score (nSPS) is 12.0. The highest BCUT2D eigenvalue weighted by Gasteiger charge is 2.17. The smallest absolute Gasteiger partial charge is 0.347 e. The molecule has 6 heteroatoms. The fourth-order valence-corrected chi connectivity index (χ4v) is 2.80. The van der Waals surface area contributed by atoms with Gasteiger partial charge >= 0.3 is 5.97 Å². The van der Waals surface area contributed by atoms with E-state index < -0.39 is 12.1 Å². The Labute approximate surface area is 155 Å². The van der Waals surface area contributed by atoms with E-state index >= 15 is 0 Å². The number of carbonyl (C=O) groups excluding carboxylic acids is 1. The number of fused-ring (bicyclic) bond motifs is 1. The standard InChI is InChI=1S/C20H17ClO5/c1-3-24-20(23)12(2)26-13-8-9-15-18(10-13)25-11-16(19(15)22)14-6-4-5-7-17(14)21/h4-12H,3H2,1-2H3/t12-/m0/s1. The van der Waals surface area contributed by atoms with E-state index in [0.29, 0.717) is 32.9 Å². The maximum atomic E-state index is 12.8. The Morgan fingerprint density at radius 2 is 1.96 bits per heavy atom. The Bertz CT molecular complexity index is 1010. The summed E-state index contributed by atoms with van der Waals surface area (Å²) in [6.07, 6.45) is 0.617. The summed E-state index contributed by atoms with van der Waals surface area (Å²) in [6, 6.07) is 11.9. The van der Waals surface area contributed by atoms with Crippen molar-refractivity contribution in [1.29, 1.82) is 0 Å². The summed E-state index contributed by atoms with van der Waals surface area (Å²) in [4.78, 5) is 24.4. The number of halogens is 1. The molecule has 2 aromatic carbocycles. The van der Waals surface area contributed by atoms with E-state index in [9.17, 15) is 9.59 Å². The van der Waals surface area contributed by atoms with Crippen molar-refractivity contribution in [3.05, 3.63) is 64.0 Å². The van der Waals surface area contributed by atoms with E-state index in [1.165, 1.54) is 6.26 Å². The highest BCUT2D eigenvalue weighted by molar-refractivity contribution is 6.33. The molecule has 0 aliphatic carbocycles. The lowest BCUT2D eigenvalue weighted by molar-refractivity contribution is -0.150. The molecule has 26 heavy (non-hydrogen) atoms. The molecule has 5 nitrogen and oxygen atoms in total. The monoisotopic (exact) mass is 372 g/mol. The quantitative estimate of drug-likeness (QED) is 0.619. The number of hydrogen-bond acceptors (Lipinski definition) is 5. The first kappa shape index (κ1) is 18.0. The van der Waals surface area contributed by atoms with Gasteiger partial charge in [0.05, 0.1) is 17.6 Å². The molecule has 0 bridgehead atoms. The number of carbonyl (C=O) groups is 1. The fraction of sp³-hybridized carbons (Fsp3) is 0.200. The van der Waals surface area contributed by atoms with Crippen molar-refractivity contribution in [2.24, 2.45) is 0 Å². The van der Waals surface area contributed by atoms with Gasteiger partial charge in [0.2, 0.25) is 5.43 Å². The van der Waals surface area contributed by atoms with E-state index in [2.05, 4.69) is 0 Å². The van der Waals surface area contributed by atoms with Crippen molar-refractivity contribution in [1.82, 2.24) is 0 Å². The van der Waals surface area contributed by atoms with Gasteiger partial charge in [-0.3, -0.25) is 4.79 Å². The summed E-state index contributed by atoms with van der Waals surface area (Å²) < 4.78 is 16.1. The minimum absolute atomic E-state index is 0.190. The van der Waals surface area contributed by atoms with Crippen molar-refractivity contribution in [2.45, 2.75) is 20.0 Å². The molecule has 0 amide bonds. The van der Waals surface area contributed by atoms with E-state index in [1.807, 2.05) is 0 Å². The van der Waals surface area contributed by atoms with Gasteiger partial charge in [-0.25, -0.2) is 4.79 Å².